The molecule has 3 rings (SSSR count). The van der Waals surface area contributed by atoms with Crippen molar-refractivity contribution in [3.05, 3.63) is 0 Å². The minimum Gasteiger partial charge on any atom is -0.378 e. The van der Waals surface area contributed by atoms with Gasteiger partial charge < -0.3 is 10.1 Å². The first-order valence-electron chi connectivity index (χ1n) is 6.43. The summed E-state index contributed by atoms with van der Waals surface area (Å²) in [4.78, 5) is 2.71. The molecule has 86 valence electrons. The Hall–Kier alpha value is -0.120. The molecule has 0 spiro atoms. The SMILES string of the molecule is CCOC1CC(N2C[C@H]3CNC[C@H]3C2)C1. The molecule has 3 heteroatoms. The fourth-order valence-electron chi connectivity index (χ4n) is 3.40. The molecule has 2 heterocycles. The van der Waals surface area contributed by atoms with Crippen molar-refractivity contribution in [2.24, 2.45) is 11.8 Å². The smallest absolute Gasteiger partial charge is 0.0604 e. The van der Waals surface area contributed by atoms with Crippen molar-refractivity contribution < 1.29 is 4.74 Å². The van der Waals surface area contributed by atoms with Gasteiger partial charge in [-0.05, 0) is 44.7 Å². The van der Waals surface area contributed by atoms with Gasteiger partial charge in [0.15, 0.2) is 0 Å². The molecule has 2 aliphatic heterocycles. The normalized spacial score (nSPS) is 45.4. The second-order valence-corrected chi connectivity index (χ2v) is 5.33. The number of rotatable bonds is 3. The number of nitrogens with one attached hydrogen (secondary N) is 1. The van der Waals surface area contributed by atoms with E-state index < -0.39 is 0 Å². The van der Waals surface area contributed by atoms with E-state index in [1.54, 1.807) is 0 Å². The molecule has 0 aromatic heterocycles. The molecule has 2 atom stereocenters. The molecule has 0 aromatic rings. The van der Waals surface area contributed by atoms with E-state index in [0.717, 1.165) is 24.5 Å². The fourth-order valence-corrected chi connectivity index (χ4v) is 3.40. The number of hydrogen-bond donors (Lipinski definition) is 1. The number of ether oxygens (including phenoxy) is 1. The highest BCUT2D eigenvalue weighted by Gasteiger charge is 2.42. The minimum absolute atomic E-state index is 0.568. The average molecular weight is 210 g/mol. The summed E-state index contributed by atoms with van der Waals surface area (Å²) in [6, 6.07) is 0.840. The molecule has 2 saturated heterocycles. The maximum atomic E-state index is 5.62. The van der Waals surface area contributed by atoms with Gasteiger partial charge in [0.2, 0.25) is 0 Å². The summed E-state index contributed by atoms with van der Waals surface area (Å²) in [6.07, 6.45) is 3.13. The maximum Gasteiger partial charge on any atom is 0.0604 e. The van der Waals surface area contributed by atoms with Crippen LogP contribution in [0.1, 0.15) is 19.8 Å². The van der Waals surface area contributed by atoms with Crippen LogP contribution in [-0.2, 0) is 4.74 Å². The van der Waals surface area contributed by atoms with Gasteiger partial charge in [0.05, 0.1) is 6.10 Å². The van der Waals surface area contributed by atoms with Crippen molar-refractivity contribution in [1.82, 2.24) is 10.2 Å². The molecule has 1 saturated carbocycles. The summed E-state index contributed by atoms with van der Waals surface area (Å²) < 4.78 is 5.62. The van der Waals surface area contributed by atoms with Crippen LogP contribution in [0.25, 0.3) is 0 Å². The van der Waals surface area contributed by atoms with Gasteiger partial charge in [-0.1, -0.05) is 0 Å². The van der Waals surface area contributed by atoms with Gasteiger partial charge in [0, 0.05) is 25.7 Å². The van der Waals surface area contributed by atoms with Gasteiger partial charge in [0.25, 0.3) is 0 Å². The summed E-state index contributed by atoms with van der Waals surface area (Å²) in [5.74, 6) is 1.88. The number of likely N-dealkylation sites (tertiary alicyclic amines) is 1. The summed E-state index contributed by atoms with van der Waals surface area (Å²) in [7, 11) is 0. The van der Waals surface area contributed by atoms with Gasteiger partial charge in [0.1, 0.15) is 0 Å². The topological polar surface area (TPSA) is 24.5 Å². The molecule has 0 radical (unpaired) electrons. The van der Waals surface area contributed by atoms with E-state index in [4.69, 9.17) is 4.74 Å². The van der Waals surface area contributed by atoms with Crippen LogP contribution < -0.4 is 5.32 Å². The Balaban J connectivity index is 1.46. The predicted molar refractivity (Wildman–Crippen MR) is 59.9 cm³/mol. The van der Waals surface area contributed by atoms with E-state index >= 15 is 0 Å². The summed E-state index contributed by atoms with van der Waals surface area (Å²) in [6.45, 7) is 8.15. The van der Waals surface area contributed by atoms with Crippen LogP contribution in [0.5, 0.6) is 0 Å². The molecule has 0 aromatic carbocycles. The molecule has 0 bridgehead atoms. The van der Waals surface area contributed by atoms with Gasteiger partial charge in [-0.2, -0.15) is 0 Å². The molecule has 15 heavy (non-hydrogen) atoms. The first-order valence-corrected chi connectivity index (χ1v) is 6.43. The number of fused-ring (bicyclic) bond motifs is 1. The zero-order valence-corrected chi connectivity index (χ0v) is 9.61. The van der Waals surface area contributed by atoms with Gasteiger partial charge >= 0.3 is 0 Å². The van der Waals surface area contributed by atoms with E-state index in [0.29, 0.717) is 6.10 Å². The Bertz CT molecular complexity index is 216. The Morgan fingerprint density at radius 2 is 1.87 bits per heavy atom. The van der Waals surface area contributed by atoms with E-state index in [1.807, 2.05) is 0 Å². The van der Waals surface area contributed by atoms with Crippen molar-refractivity contribution in [3.8, 4) is 0 Å². The molecule has 0 unspecified atom stereocenters. The Kier molecular flexibility index (Phi) is 2.71. The fraction of sp³-hybridized carbons (Fsp3) is 1.00. The van der Waals surface area contributed by atoms with Gasteiger partial charge in [-0.3, -0.25) is 4.90 Å². The second kappa shape index (κ2) is 4.04. The summed E-state index contributed by atoms with van der Waals surface area (Å²) in [5, 5.41) is 3.50. The number of hydrogen-bond acceptors (Lipinski definition) is 3. The Morgan fingerprint density at radius 1 is 1.20 bits per heavy atom. The average Bonchev–Trinajstić information content (AvgIpc) is 2.69. The van der Waals surface area contributed by atoms with Crippen LogP contribution in [0.2, 0.25) is 0 Å². The minimum atomic E-state index is 0.568. The van der Waals surface area contributed by atoms with Crippen LogP contribution >= 0.6 is 0 Å². The largest absolute Gasteiger partial charge is 0.378 e. The highest BCUT2D eigenvalue weighted by Crippen LogP contribution is 2.35. The van der Waals surface area contributed by atoms with Crippen molar-refractivity contribution >= 4 is 0 Å². The van der Waals surface area contributed by atoms with E-state index in [-0.39, 0.29) is 0 Å². The van der Waals surface area contributed by atoms with Gasteiger partial charge in [-0.15, -0.1) is 0 Å². The van der Waals surface area contributed by atoms with Crippen LogP contribution in [0.4, 0.5) is 0 Å². The first kappa shape index (κ1) is 10.1. The highest BCUT2D eigenvalue weighted by atomic mass is 16.5. The third-order valence-electron chi connectivity index (χ3n) is 4.41. The first-order chi connectivity index (χ1) is 7.36. The molecule has 1 aliphatic carbocycles. The summed E-state index contributed by atoms with van der Waals surface area (Å²) in [5.41, 5.74) is 0. The highest BCUT2D eigenvalue weighted by molar-refractivity contribution is 4.97. The molecular weight excluding hydrogens is 188 g/mol. The lowest BCUT2D eigenvalue weighted by molar-refractivity contribution is -0.0423. The van der Waals surface area contributed by atoms with Crippen molar-refractivity contribution in [1.29, 1.82) is 0 Å². The molecular formula is C12H22N2O. The zero-order chi connectivity index (χ0) is 10.3. The number of nitrogens with zero attached hydrogens (tertiary/aromatic N) is 1. The second-order valence-electron chi connectivity index (χ2n) is 5.33. The Morgan fingerprint density at radius 3 is 2.47 bits per heavy atom. The van der Waals surface area contributed by atoms with Crippen LogP contribution in [0.3, 0.4) is 0 Å². The zero-order valence-electron chi connectivity index (χ0n) is 9.61. The van der Waals surface area contributed by atoms with Crippen molar-refractivity contribution in [2.75, 3.05) is 32.8 Å². The monoisotopic (exact) mass is 210 g/mol. The van der Waals surface area contributed by atoms with Crippen LogP contribution in [0.15, 0.2) is 0 Å². The van der Waals surface area contributed by atoms with Crippen LogP contribution in [0, 0.1) is 11.8 Å². The molecule has 0 amide bonds. The maximum absolute atomic E-state index is 5.62. The van der Waals surface area contributed by atoms with E-state index in [9.17, 15) is 0 Å². The van der Waals surface area contributed by atoms with Crippen molar-refractivity contribution in [2.45, 2.75) is 31.9 Å². The van der Waals surface area contributed by atoms with Crippen molar-refractivity contribution in [3.63, 3.8) is 0 Å². The van der Waals surface area contributed by atoms with Crippen LogP contribution in [-0.4, -0.2) is 49.8 Å². The molecule has 3 nitrogen and oxygen atoms in total. The lowest BCUT2D eigenvalue weighted by Crippen LogP contribution is -2.47. The standard InChI is InChI=1S/C12H22N2O/c1-2-15-12-3-11(4-12)14-7-9-5-13-6-10(9)8-14/h9-13H,2-8H2,1H3/t9-,10+,11?,12?. The van der Waals surface area contributed by atoms with E-state index in [1.165, 1.54) is 39.0 Å². The third-order valence-corrected chi connectivity index (χ3v) is 4.41. The Labute approximate surface area is 92.2 Å². The molecule has 3 aliphatic rings. The lowest BCUT2D eigenvalue weighted by Gasteiger charge is -2.41. The van der Waals surface area contributed by atoms with E-state index in [2.05, 4.69) is 17.1 Å². The molecule has 1 N–H and O–H groups in total. The summed E-state index contributed by atoms with van der Waals surface area (Å²) >= 11 is 0. The lowest BCUT2D eigenvalue weighted by atomic mass is 9.88. The van der Waals surface area contributed by atoms with Gasteiger partial charge in [-0.25, -0.2) is 0 Å². The molecule has 3 fully saturated rings. The predicted octanol–water partition coefficient (Wildman–Crippen LogP) is 0.705. The third kappa shape index (κ3) is 1.81. The quantitative estimate of drug-likeness (QED) is 0.742.